The van der Waals surface area contributed by atoms with Gasteiger partial charge < -0.3 is 15.5 Å². The number of para-hydroxylation sites is 1. The highest BCUT2D eigenvalue weighted by Crippen LogP contribution is 2.21. The van der Waals surface area contributed by atoms with Crippen molar-refractivity contribution in [2.75, 3.05) is 25.0 Å². The first-order chi connectivity index (χ1) is 14.6. The van der Waals surface area contributed by atoms with Crippen LogP contribution >= 0.6 is 0 Å². The third-order valence-electron chi connectivity index (χ3n) is 5.20. The maximum Gasteiger partial charge on any atom is 0.191 e. The van der Waals surface area contributed by atoms with Crippen LogP contribution in [0.4, 0.5) is 10.2 Å². The van der Waals surface area contributed by atoms with E-state index in [0.29, 0.717) is 18.9 Å². The summed E-state index contributed by atoms with van der Waals surface area (Å²) in [5, 5.41) is 11.3. The summed E-state index contributed by atoms with van der Waals surface area (Å²) < 4.78 is 15.9. The lowest BCUT2D eigenvalue weighted by atomic mass is 10.2. The number of nitrogens with zero attached hydrogens (tertiary/aromatic N) is 5. The molecule has 1 saturated heterocycles. The van der Waals surface area contributed by atoms with E-state index in [-0.39, 0.29) is 11.9 Å². The van der Waals surface area contributed by atoms with Crippen LogP contribution in [0.15, 0.2) is 59.9 Å². The molecule has 8 heteroatoms. The van der Waals surface area contributed by atoms with Gasteiger partial charge in [-0.25, -0.2) is 14.1 Å². The summed E-state index contributed by atoms with van der Waals surface area (Å²) >= 11 is 0. The number of halogens is 1. The van der Waals surface area contributed by atoms with E-state index in [1.165, 1.54) is 6.07 Å². The second-order valence-corrected chi connectivity index (χ2v) is 7.34. The largest absolute Gasteiger partial charge is 0.352 e. The first-order valence-corrected chi connectivity index (χ1v) is 10.1. The van der Waals surface area contributed by atoms with E-state index in [1.54, 1.807) is 19.3 Å². The van der Waals surface area contributed by atoms with Crippen LogP contribution in [-0.2, 0) is 6.54 Å². The molecule has 7 nitrogen and oxygen atoms in total. The SMILES string of the molecule is CN=C(NCc1ccccc1-n1ccc(C)n1)NC1CCN(c2ncccc2F)C1. The minimum Gasteiger partial charge on any atom is -0.352 e. The Morgan fingerprint density at radius 1 is 1.23 bits per heavy atom. The van der Waals surface area contributed by atoms with Crippen molar-refractivity contribution >= 4 is 11.8 Å². The van der Waals surface area contributed by atoms with Gasteiger partial charge in [-0.15, -0.1) is 0 Å². The molecular weight excluding hydrogens is 381 g/mol. The molecule has 3 aromatic rings. The minimum atomic E-state index is -0.286. The smallest absolute Gasteiger partial charge is 0.191 e. The zero-order chi connectivity index (χ0) is 20.9. The number of aliphatic imine (C=N–C) groups is 1. The number of rotatable bonds is 5. The summed E-state index contributed by atoms with van der Waals surface area (Å²) in [6.07, 6.45) is 4.48. The standard InChI is InChI=1S/C22H26FN7/c1-16-9-13-30(28-16)20-8-4-3-6-17(20)14-26-22(24-2)27-18-10-12-29(15-18)21-19(23)7-5-11-25-21/h3-9,11,13,18H,10,12,14-15H2,1-2H3,(H2,24,26,27). The third kappa shape index (κ3) is 4.42. The molecular formula is C22H26FN7. The van der Waals surface area contributed by atoms with Gasteiger partial charge in [0.1, 0.15) is 0 Å². The Morgan fingerprint density at radius 2 is 2.10 bits per heavy atom. The van der Waals surface area contributed by atoms with Crippen molar-refractivity contribution in [3.8, 4) is 5.69 Å². The molecule has 4 rings (SSSR count). The Hall–Kier alpha value is -3.42. The van der Waals surface area contributed by atoms with E-state index < -0.39 is 0 Å². The molecule has 1 unspecified atom stereocenters. The number of benzene rings is 1. The number of aromatic nitrogens is 3. The lowest BCUT2D eigenvalue weighted by Crippen LogP contribution is -2.44. The van der Waals surface area contributed by atoms with E-state index >= 15 is 0 Å². The Labute approximate surface area is 175 Å². The van der Waals surface area contributed by atoms with Gasteiger partial charge in [0, 0.05) is 45.1 Å². The van der Waals surface area contributed by atoms with Crippen molar-refractivity contribution in [3.63, 3.8) is 0 Å². The second kappa shape index (κ2) is 8.94. The second-order valence-electron chi connectivity index (χ2n) is 7.34. The fraction of sp³-hybridized carbons (Fsp3) is 0.318. The van der Waals surface area contributed by atoms with Gasteiger partial charge >= 0.3 is 0 Å². The Bertz CT molecular complexity index is 1030. The molecule has 156 valence electrons. The number of pyridine rings is 1. The molecule has 3 heterocycles. The van der Waals surface area contributed by atoms with E-state index in [2.05, 4.69) is 37.8 Å². The first kappa shape index (κ1) is 19.9. The lowest BCUT2D eigenvalue weighted by molar-refractivity contribution is 0.612. The van der Waals surface area contributed by atoms with E-state index in [1.807, 2.05) is 40.9 Å². The van der Waals surface area contributed by atoms with Crippen LogP contribution in [0, 0.1) is 12.7 Å². The van der Waals surface area contributed by atoms with E-state index in [9.17, 15) is 4.39 Å². The molecule has 1 aliphatic rings. The van der Waals surface area contributed by atoms with Crippen molar-refractivity contribution in [3.05, 3.63) is 71.9 Å². The van der Waals surface area contributed by atoms with Crippen LogP contribution in [0.1, 0.15) is 17.7 Å². The topological polar surface area (TPSA) is 70.4 Å². The van der Waals surface area contributed by atoms with Crippen LogP contribution < -0.4 is 15.5 Å². The molecule has 1 atom stereocenters. The summed E-state index contributed by atoms with van der Waals surface area (Å²) in [5.41, 5.74) is 3.13. The zero-order valence-corrected chi connectivity index (χ0v) is 17.2. The number of hydrogen-bond acceptors (Lipinski definition) is 4. The van der Waals surface area contributed by atoms with Crippen LogP contribution in [-0.4, -0.2) is 46.9 Å². The zero-order valence-electron chi connectivity index (χ0n) is 17.2. The van der Waals surface area contributed by atoms with Crippen molar-refractivity contribution < 1.29 is 4.39 Å². The predicted molar refractivity (Wildman–Crippen MR) is 116 cm³/mol. The summed E-state index contributed by atoms with van der Waals surface area (Å²) in [4.78, 5) is 10.5. The predicted octanol–water partition coefficient (Wildman–Crippen LogP) is 2.66. The van der Waals surface area contributed by atoms with Gasteiger partial charge in [-0.2, -0.15) is 5.10 Å². The number of aryl methyl sites for hydroxylation is 1. The Kier molecular flexibility index (Phi) is 5.92. The average Bonchev–Trinajstić information content (AvgIpc) is 3.40. The summed E-state index contributed by atoms with van der Waals surface area (Å²) in [7, 11) is 1.75. The molecule has 0 saturated carbocycles. The van der Waals surface area contributed by atoms with Crippen molar-refractivity contribution in [1.82, 2.24) is 25.4 Å². The van der Waals surface area contributed by atoms with Crippen LogP contribution in [0.3, 0.4) is 0 Å². The highest BCUT2D eigenvalue weighted by atomic mass is 19.1. The Balaban J connectivity index is 1.37. The minimum absolute atomic E-state index is 0.168. The molecule has 0 bridgehead atoms. The highest BCUT2D eigenvalue weighted by molar-refractivity contribution is 5.80. The van der Waals surface area contributed by atoms with Gasteiger partial charge in [0.25, 0.3) is 0 Å². The van der Waals surface area contributed by atoms with Gasteiger partial charge in [-0.1, -0.05) is 18.2 Å². The monoisotopic (exact) mass is 407 g/mol. The van der Waals surface area contributed by atoms with Gasteiger partial charge in [0.2, 0.25) is 0 Å². The van der Waals surface area contributed by atoms with Crippen molar-refractivity contribution in [2.45, 2.75) is 25.9 Å². The third-order valence-corrected chi connectivity index (χ3v) is 5.20. The molecule has 0 amide bonds. The van der Waals surface area contributed by atoms with Crippen LogP contribution in [0.2, 0.25) is 0 Å². The lowest BCUT2D eigenvalue weighted by Gasteiger charge is -2.20. The maximum absolute atomic E-state index is 14.0. The van der Waals surface area contributed by atoms with Gasteiger partial charge in [0.15, 0.2) is 17.6 Å². The summed E-state index contributed by atoms with van der Waals surface area (Å²) in [6.45, 7) is 4.02. The number of anilines is 1. The fourth-order valence-electron chi connectivity index (χ4n) is 3.68. The highest BCUT2D eigenvalue weighted by Gasteiger charge is 2.26. The number of nitrogens with one attached hydrogen (secondary N) is 2. The molecule has 1 aliphatic heterocycles. The maximum atomic E-state index is 14.0. The van der Waals surface area contributed by atoms with E-state index in [0.717, 1.165) is 35.9 Å². The number of guanidine groups is 1. The first-order valence-electron chi connectivity index (χ1n) is 10.1. The molecule has 1 fully saturated rings. The Morgan fingerprint density at radius 3 is 2.87 bits per heavy atom. The summed E-state index contributed by atoms with van der Waals surface area (Å²) in [5.74, 6) is 0.842. The van der Waals surface area contributed by atoms with Gasteiger partial charge in [0.05, 0.1) is 11.4 Å². The molecule has 1 aromatic carbocycles. The normalized spacial score (nSPS) is 16.7. The summed E-state index contributed by atoms with van der Waals surface area (Å²) in [6, 6.07) is 13.4. The van der Waals surface area contributed by atoms with Gasteiger partial charge in [-0.05, 0) is 43.2 Å². The van der Waals surface area contributed by atoms with Crippen molar-refractivity contribution in [1.29, 1.82) is 0 Å². The van der Waals surface area contributed by atoms with Crippen LogP contribution in [0.5, 0.6) is 0 Å². The number of hydrogen-bond donors (Lipinski definition) is 2. The quantitative estimate of drug-likeness (QED) is 0.503. The van der Waals surface area contributed by atoms with Crippen molar-refractivity contribution in [2.24, 2.45) is 4.99 Å². The fourth-order valence-corrected chi connectivity index (χ4v) is 3.68. The molecule has 2 aromatic heterocycles. The molecule has 0 radical (unpaired) electrons. The van der Waals surface area contributed by atoms with Crippen LogP contribution in [0.25, 0.3) is 5.69 Å². The molecule has 0 aliphatic carbocycles. The molecule has 30 heavy (non-hydrogen) atoms. The average molecular weight is 407 g/mol. The molecule has 2 N–H and O–H groups in total. The molecule has 0 spiro atoms. The van der Waals surface area contributed by atoms with E-state index in [4.69, 9.17) is 0 Å². The van der Waals surface area contributed by atoms with Gasteiger partial charge in [-0.3, -0.25) is 4.99 Å².